The van der Waals surface area contributed by atoms with Gasteiger partial charge in [-0.15, -0.1) is 0 Å². The third kappa shape index (κ3) is 6.76. The summed E-state index contributed by atoms with van der Waals surface area (Å²) < 4.78 is 27.9. The average molecular weight is 551 g/mol. The molecule has 1 aliphatic carbocycles. The van der Waals surface area contributed by atoms with E-state index in [0.29, 0.717) is 22.6 Å². The summed E-state index contributed by atoms with van der Waals surface area (Å²) in [4.78, 5) is 11.6. The van der Waals surface area contributed by atoms with Gasteiger partial charge in [-0.2, -0.15) is 4.31 Å². The maximum Gasteiger partial charge on any atom is 0.335 e. The molecule has 7 nitrogen and oxygen atoms in total. The van der Waals surface area contributed by atoms with Crippen LogP contribution in [0.25, 0.3) is 11.1 Å². The van der Waals surface area contributed by atoms with Crippen molar-refractivity contribution < 1.29 is 23.4 Å². The number of carboxylic acid groups (broad SMARTS) is 1. The van der Waals surface area contributed by atoms with Crippen LogP contribution < -0.4 is 5.32 Å². The number of hydrogen-bond donors (Lipinski definition) is 3. The third-order valence-electron chi connectivity index (χ3n) is 7.64. The number of rotatable bonds is 11. The smallest absolute Gasteiger partial charge is 0.335 e. The number of carboxylic acids is 1. The quantitative estimate of drug-likeness (QED) is 0.324. The van der Waals surface area contributed by atoms with Gasteiger partial charge in [-0.05, 0) is 92.0 Å². The maximum absolute atomic E-state index is 13.4. The number of nitrogens with one attached hydrogen (secondary N) is 1. The van der Waals surface area contributed by atoms with Gasteiger partial charge in [0.1, 0.15) is 0 Å². The van der Waals surface area contributed by atoms with Crippen molar-refractivity contribution in [2.45, 2.75) is 56.6 Å². The normalized spacial score (nSPS) is 14.9. The average Bonchev–Trinajstić information content (AvgIpc) is 3.29. The van der Waals surface area contributed by atoms with Gasteiger partial charge in [0.25, 0.3) is 0 Å². The van der Waals surface area contributed by atoms with Crippen molar-refractivity contribution in [3.05, 3.63) is 89.0 Å². The van der Waals surface area contributed by atoms with Crippen molar-refractivity contribution in [3.63, 3.8) is 0 Å². The zero-order chi connectivity index (χ0) is 28.4. The van der Waals surface area contributed by atoms with Crippen LogP contribution >= 0.6 is 0 Å². The van der Waals surface area contributed by atoms with Crippen molar-refractivity contribution in [2.24, 2.45) is 5.92 Å². The summed E-state index contributed by atoms with van der Waals surface area (Å²) in [6.45, 7) is 6.17. The molecular weight excluding hydrogens is 512 g/mol. The largest absolute Gasteiger partial charge is 0.478 e. The monoisotopic (exact) mass is 550 g/mol. The Hall–Kier alpha value is -3.04. The molecule has 1 atom stereocenters. The topological polar surface area (TPSA) is 107 Å². The lowest BCUT2D eigenvalue weighted by Gasteiger charge is -2.31. The van der Waals surface area contributed by atoms with E-state index in [4.69, 9.17) is 0 Å². The Kier molecular flexibility index (Phi) is 8.61. The summed E-state index contributed by atoms with van der Waals surface area (Å²) in [6.07, 6.45) is 2.19. The van der Waals surface area contributed by atoms with Crippen LogP contribution in [0.5, 0.6) is 0 Å². The zero-order valence-corrected chi connectivity index (χ0v) is 23.8. The summed E-state index contributed by atoms with van der Waals surface area (Å²) in [5.41, 5.74) is 4.64. The number of carbonyl (C=O) groups is 1. The Balaban J connectivity index is 1.37. The van der Waals surface area contributed by atoms with E-state index >= 15 is 0 Å². The van der Waals surface area contributed by atoms with Gasteiger partial charge in [0, 0.05) is 25.7 Å². The molecule has 3 aromatic rings. The van der Waals surface area contributed by atoms with E-state index in [1.165, 1.54) is 34.6 Å². The van der Waals surface area contributed by atoms with E-state index in [1.807, 2.05) is 0 Å². The minimum atomic E-state index is -3.88. The molecule has 0 heterocycles. The van der Waals surface area contributed by atoms with Gasteiger partial charge in [-0.3, -0.25) is 0 Å². The molecule has 8 heteroatoms. The number of hydrogen-bond acceptors (Lipinski definition) is 5. The Morgan fingerprint density at radius 1 is 1.05 bits per heavy atom. The van der Waals surface area contributed by atoms with Gasteiger partial charge in [-0.1, -0.05) is 48.5 Å². The van der Waals surface area contributed by atoms with E-state index in [9.17, 15) is 23.4 Å². The number of aliphatic hydroxyl groups is 1. The predicted molar refractivity (Wildman–Crippen MR) is 153 cm³/mol. The van der Waals surface area contributed by atoms with E-state index in [0.717, 1.165) is 19.3 Å². The van der Waals surface area contributed by atoms with Crippen LogP contribution in [0.4, 0.5) is 0 Å². The van der Waals surface area contributed by atoms with Gasteiger partial charge < -0.3 is 15.5 Å². The number of fused-ring (bicyclic) bond motifs is 1. The zero-order valence-electron chi connectivity index (χ0n) is 23.0. The van der Waals surface area contributed by atoms with E-state index < -0.39 is 22.1 Å². The molecule has 0 spiro atoms. The number of benzene rings is 3. The first-order valence-corrected chi connectivity index (χ1v) is 14.7. The fraction of sp³-hybridized carbons (Fsp3) is 0.387. The standard InChI is InChI=1S/C31H38N2O5S/c1-21-28(13-8-14-29(21)30(35)36)25-11-7-12-27(17-25)39(37,38)33(4)20-26(34)19-32-31(2,3)18-22-15-23-9-5-6-10-24(23)16-22/h5-14,17,22,26,32,34H,15-16,18-20H2,1-4H3,(H,35,36)/t26-/m1/s1. The summed E-state index contributed by atoms with van der Waals surface area (Å²) >= 11 is 0. The van der Waals surface area contributed by atoms with E-state index in [-0.39, 0.29) is 29.1 Å². The fourth-order valence-electron chi connectivity index (χ4n) is 5.63. The van der Waals surface area contributed by atoms with Gasteiger partial charge >= 0.3 is 5.97 Å². The highest BCUT2D eigenvalue weighted by atomic mass is 32.2. The molecule has 0 fully saturated rings. The van der Waals surface area contributed by atoms with E-state index in [2.05, 4.69) is 43.4 Å². The molecule has 0 saturated carbocycles. The van der Waals surface area contributed by atoms with Crippen LogP contribution in [-0.2, 0) is 22.9 Å². The summed E-state index contributed by atoms with van der Waals surface area (Å²) in [5, 5.41) is 23.6. The molecule has 1 aliphatic rings. The van der Waals surface area contributed by atoms with Gasteiger partial charge in [-0.25, -0.2) is 13.2 Å². The molecule has 0 radical (unpaired) electrons. The Morgan fingerprint density at radius 2 is 1.69 bits per heavy atom. The fourth-order valence-corrected chi connectivity index (χ4v) is 6.88. The second-order valence-corrected chi connectivity index (χ2v) is 13.3. The summed E-state index contributed by atoms with van der Waals surface area (Å²) in [6, 6.07) is 20.0. The SMILES string of the molecule is Cc1c(C(=O)O)cccc1-c1cccc(S(=O)(=O)N(C)C[C@H](O)CNC(C)(C)CC2Cc3ccccc3C2)c1. The number of likely N-dealkylation sites (N-methyl/N-ethyl adjacent to an activating group) is 1. The molecule has 3 N–H and O–H groups in total. The summed E-state index contributed by atoms with van der Waals surface area (Å²) in [5.74, 6) is -0.492. The number of sulfonamides is 1. The first-order chi connectivity index (χ1) is 18.4. The van der Waals surface area contributed by atoms with Crippen LogP contribution in [0.1, 0.15) is 47.3 Å². The second-order valence-electron chi connectivity index (χ2n) is 11.3. The number of nitrogens with zero attached hydrogens (tertiary/aromatic N) is 1. The van der Waals surface area contributed by atoms with Crippen molar-refractivity contribution in [2.75, 3.05) is 20.1 Å². The number of β-amino-alcohol motifs (C(OH)–C–C–N with tert-alkyl or cyclic N) is 1. The second kappa shape index (κ2) is 11.6. The highest BCUT2D eigenvalue weighted by Crippen LogP contribution is 2.32. The molecule has 3 aromatic carbocycles. The lowest BCUT2D eigenvalue weighted by molar-refractivity contribution is 0.0696. The number of aromatic carboxylic acids is 1. The van der Waals surface area contributed by atoms with Crippen molar-refractivity contribution >= 4 is 16.0 Å². The first-order valence-electron chi connectivity index (χ1n) is 13.3. The highest BCUT2D eigenvalue weighted by Gasteiger charge is 2.29. The molecule has 39 heavy (non-hydrogen) atoms. The molecule has 0 amide bonds. The molecule has 208 valence electrons. The predicted octanol–water partition coefficient (Wildman–Crippen LogP) is 4.51. The molecule has 0 aliphatic heterocycles. The Labute approximate surface area is 231 Å². The van der Waals surface area contributed by atoms with Gasteiger partial charge in [0.05, 0.1) is 16.6 Å². The third-order valence-corrected chi connectivity index (χ3v) is 9.46. The van der Waals surface area contributed by atoms with Crippen LogP contribution in [0.15, 0.2) is 71.6 Å². The molecule has 4 rings (SSSR count). The van der Waals surface area contributed by atoms with E-state index in [1.54, 1.807) is 37.3 Å². The summed E-state index contributed by atoms with van der Waals surface area (Å²) in [7, 11) is -2.42. The van der Waals surface area contributed by atoms with Crippen molar-refractivity contribution in [1.29, 1.82) is 0 Å². The minimum absolute atomic E-state index is 0.0575. The van der Waals surface area contributed by atoms with Crippen molar-refractivity contribution in [1.82, 2.24) is 9.62 Å². The molecule has 0 saturated heterocycles. The highest BCUT2D eigenvalue weighted by molar-refractivity contribution is 7.89. The van der Waals surface area contributed by atoms with Gasteiger partial charge in [0.2, 0.25) is 10.0 Å². The molecule has 0 unspecified atom stereocenters. The van der Waals surface area contributed by atoms with Crippen LogP contribution in [0.3, 0.4) is 0 Å². The molecular formula is C31H38N2O5S. The Bertz CT molecular complexity index is 1430. The molecule has 0 aromatic heterocycles. The molecule has 0 bridgehead atoms. The maximum atomic E-state index is 13.4. The lowest BCUT2D eigenvalue weighted by Crippen LogP contribution is -2.47. The number of aliphatic hydroxyl groups excluding tert-OH is 1. The van der Waals surface area contributed by atoms with Gasteiger partial charge in [0.15, 0.2) is 0 Å². The van der Waals surface area contributed by atoms with Crippen LogP contribution in [-0.4, -0.2) is 60.7 Å². The van der Waals surface area contributed by atoms with Crippen LogP contribution in [0, 0.1) is 12.8 Å². The lowest BCUT2D eigenvalue weighted by atomic mass is 9.88. The van der Waals surface area contributed by atoms with Crippen molar-refractivity contribution in [3.8, 4) is 11.1 Å². The Morgan fingerprint density at radius 3 is 2.33 bits per heavy atom. The van der Waals surface area contributed by atoms with Crippen LogP contribution in [0.2, 0.25) is 0 Å². The first kappa shape index (κ1) is 29.0. The minimum Gasteiger partial charge on any atom is -0.478 e.